The van der Waals surface area contributed by atoms with Gasteiger partial charge in [-0.1, -0.05) is 0 Å². The van der Waals surface area contributed by atoms with Crippen molar-refractivity contribution in [2.75, 3.05) is 19.6 Å². The maximum Gasteiger partial charge on any atom is 0.282 e. The fourth-order valence-corrected chi connectivity index (χ4v) is 2.51. The molecule has 0 radical (unpaired) electrons. The molecule has 0 bridgehead atoms. The predicted molar refractivity (Wildman–Crippen MR) is 77.4 cm³/mol. The number of likely N-dealkylation sites (tertiary alicyclic amines) is 1. The molecular weight excluding hydrogens is 274 g/mol. The second-order valence-electron chi connectivity index (χ2n) is 5.26. The van der Waals surface area contributed by atoms with Crippen molar-refractivity contribution in [1.82, 2.24) is 10.2 Å². The second kappa shape index (κ2) is 6.53. The predicted octanol–water partition coefficient (Wildman–Crippen LogP) is 1.51. The average molecular weight is 293 g/mol. The van der Waals surface area contributed by atoms with E-state index in [0.717, 1.165) is 38.1 Å². The van der Waals surface area contributed by atoms with E-state index in [1.807, 2.05) is 6.92 Å². The lowest BCUT2D eigenvalue weighted by Crippen LogP contribution is -2.40. The average Bonchev–Trinajstić information content (AvgIpc) is 2.98. The summed E-state index contributed by atoms with van der Waals surface area (Å²) < 4.78 is 0. The molecule has 114 valence electrons. The quantitative estimate of drug-likeness (QED) is 0.634. The van der Waals surface area contributed by atoms with Crippen molar-refractivity contribution in [3.8, 4) is 5.75 Å². The van der Waals surface area contributed by atoms with Gasteiger partial charge in [0.15, 0.2) is 0 Å². The van der Waals surface area contributed by atoms with E-state index in [1.165, 1.54) is 6.07 Å². The van der Waals surface area contributed by atoms with Crippen molar-refractivity contribution in [1.29, 1.82) is 0 Å². The zero-order valence-corrected chi connectivity index (χ0v) is 11.9. The highest BCUT2D eigenvalue weighted by Crippen LogP contribution is 2.23. The Morgan fingerprint density at radius 3 is 2.76 bits per heavy atom. The molecule has 1 fully saturated rings. The van der Waals surface area contributed by atoms with Gasteiger partial charge in [0.05, 0.1) is 4.92 Å². The molecule has 1 amide bonds. The minimum absolute atomic E-state index is 0.117. The molecule has 2 rings (SSSR count). The van der Waals surface area contributed by atoms with Crippen LogP contribution in [0.2, 0.25) is 0 Å². The normalized spacial score (nSPS) is 16.6. The number of nitro benzene ring substituents is 1. The van der Waals surface area contributed by atoms with Crippen molar-refractivity contribution >= 4 is 11.6 Å². The Labute approximate surface area is 122 Å². The van der Waals surface area contributed by atoms with Gasteiger partial charge in [-0.2, -0.15) is 0 Å². The Bertz CT molecular complexity index is 541. The minimum atomic E-state index is -0.627. The lowest BCUT2D eigenvalue weighted by Gasteiger charge is -2.23. The molecule has 7 heteroatoms. The van der Waals surface area contributed by atoms with Gasteiger partial charge in [-0.3, -0.25) is 19.8 Å². The first kappa shape index (κ1) is 15.2. The molecular formula is C14H19N3O4. The molecule has 7 nitrogen and oxygen atoms in total. The van der Waals surface area contributed by atoms with Gasteiger partial charge < -0.3 is 10.4 Å². The van der Waals surface area contributed by atoms with Crippen molar-refractivity contribution in [3.63, 3.8) is 0 Å². The largest absolute Gasteiger partial charge is 0.508 e. The number of benzene rings is 1. The van der Waals surface area contributed by atoms with E-state index in [9.17, 15) is 20.0 Å². The number of phenolic OH excluding ortho intramolecular Hbond substituents is 1. The van der Waals surface area contributed by atoms with Crippen LogP contribution in [0.15, 0.2) is 18.2 Å². The molecule has 1 saturated heterocycles. The number of carbonyl (C=O) groups excluding carboxylic acids is 1. The molecule has 1 aromatic rings. The SMILES string of the molecule is CC(CNC(=O)c1cc(O)ccc1[N+](=O)[O-])N1CCCC1. The fraction of sp³-hybridized carbons (Fsp3) is 0.500. The van der Waals surface area contributed by atoms with Gasteiger partial charge in [-0.05, 0) is 45.0 Å². The van der Waals surface area contributed by atoms with E-state index < -0.39 is 10.8 Å². The Hall–Kier alpha value is -2.15. The van der Waals surface area contributed by atoms with Crippen LogP contribution in [-0.2, 0) is 0 Å². The maximum absolute atomic E-state index is 12.1. The number of nitro groups is 1. The first-order valence-corrected chi connectivity index (χ1v) is 6.98. The number of aromatic hydroxyl groups is 1. The van der Waals surface area contributed by atoms with Crippen LogP contribution < -0.4 is 5.32 Å². The second-order valence-corrected chi connectivity index (χ2v) is 5.26. The number of rotatable bonds is 5. The van der Waals surface area contributed by atoms with Crippen molar-refractivity contribution in [2.24, 2.45) is 0 Å². The topological polar surface area (TPSA) is 95.7 Å². The summed E-state index contributed by atoms with van der Waals surface area (Å²) in [5.74, 6) is -0.706. The molecule has 1 aliphatic heterocycles. The first-order valence-electron chi connectivity index (χ1n) is 6.98. The summed E-state index contributed by atoms with van der Waals surface area (Å²) in [5, 5.41) is 23.0. The summed E-state index contributed by atoms with van der Waals surface area (Å²) in [7, 11) is 0. The van der Waals surface area contributed by atoms with E-state index in [1.54, 1.807) is 0 Å². The van der Waals surface area contributed by atoms with Crippen molar-refractivity contribution in [3.05, 3.63) is 33.9 Å². The smallest absolute Gasteiger partial charge is 0.282 e. The van der Waals surface area contributed by atoms with Crippen LogP contribution in [0.3, 0.4) is 0 Å². The highest BCUT2D eigenvalue weighted by Gasteiger charge is 2.23. The summed E-state index contributed by atoms with van der Waals surface area (Å²) in [6.07, 6.45) is 2.33. The zero-order chi connectivity index (χ0) is 15.4. The van der Waals surface area contributed by atoms with Crippen LogP contribution >= 0.6 is 0 Å². The molecule has 0 spiro atoms. The zero-order valence-electron chi connectivity index (χ0n) is 11.9. The van der Waals surface area contributed by atoms with Crippen LogP contribution in [0.4, 0.5) is 5.69 Å². The highest BCUT2D eigenvalue weighted by atomic mass is 16.6. The molecule has 1 aromatic carbocycles. The molecule has 0 aromatic heterocycles. The Morgan fingerprint density at radius 1 is 1.48 bits per heavy atom. The number of phenols is 1. The number of hydrogen-bond acceptors (Lipinski definition) is 5. The first-order chi connectivity index (χ1) is 9.99. The molecule has 1 atom stereocenters. The van der Waals surface area contributed by atoms with E-state index in [2.05, 4.69) is 10.2 Å². The molecule has 2 N–H and O–H groups in total. The third kappa shape index (κ3) is 3.69. The molecule has 0 saturated carbocycles. The van der Waals surface area contributed by atoms with E-state index in [4.69, 9.17) is 0 Å². The van der Waals surface area contributed by atoms with E-state index in [-0.39, 0.29) is 23.0 Å². The van der Waals surface area contributed by atoms with Crippen LogP contribution in [-0.4, -0.2) is 46.5 Å². The molecule has 1 aliphatic rings. The van der Waals surface area contributed by atoms with E-state index in [0.29, 0.717) is 6.54 Å². The van der Waals surface area contributed by atoms with Gasteiger partial charge in [0.2, 0.25) is 0 Å². The monoisotopic (exact) mass is 293 g/mol. The summed E-state index contributed by atoms with van der Waals surface area (Å²) in [5.41, 5.74) is -0.423. The molecule has 21 heavy (non-hydrogen) atoms. The van der Waals surface area contributed by atoms with E-state index >= 15 is 0 Å². The molecule has 0 aliphatic carbocycles. The van der Waals surface area contributed by atoms with Gasteiger partial charge in [0.1, 0.15) is 11.3 Å². The summed E-state index contributed by atoms with van der Waals surface area (Å²) >= 11 is 0. The summed E-state index contributed by atoms with van der Waals surface area (Å²) in [6.45, 7) is 4.47. The minimum Gasteiger partial charge on any atom is -0.508 e. The standard InChI is InChI=1S/C14H19N3O4/c1-10(16-6-2-3-7-16)9-15-14(19)12-8-11(18)4-5-13(12)17(20)21/h4-5,8,10,18H,2-3,6-7,9H2,1H3,(H,15,19). The van der Waals surface area contributed by atoms with Gasteiger partial charge in [-0.25, -0.2) is 0 Å². The lowest BCUT2D eigenvalue weighted by molar-refractivity contribution is -0.385. The third-order valence-corrected chi connectivity index (χ3v) is 3.74. The van der Waals surface area contributed by atoms with Crippen LogP contribution in [0.5, 0.6) is 5.75 Å². The number of amides is 1. The fourth-order valence-electron chi connectivity index (χ4n) is 2.51. The Kier molecular flexibility index (Phi) is 4.74. The van der Waals surface area contributed by atoms with Crippen LogP contribution in [0.1, 0.15) is 30.1 Å². The number of carbonyl (C=O) groups is 1. The van der Waals surface area contributed by atoms with Gasteiger partial charge in [-0.15, -0.1) is 0 Å². The Balaban J connectivity index is 2.02. The van der Waals surface area contributed by atoms with Gasteiger partial charge in [0, 0.05) is 18.7 Å². The third-order valence-electron chi connectivity index (χ3n) is 3.74. The van der Waals surface area contributed by atoms with Crippen molar-refractivity contribution < 1.29 is 14.8 Å². The van der Waals surface area contributed by atoms with Crippen molar-refractivity contribution in [2.45, 2.75) is 25.8 Å². The van der Waals surface area contributed by atoms with Crippen LogP contribution in [0, 0.1) is 10.1 Å². The number of nitrogens with one attached hydrogen (secondary N) is 1. The molecule has 1 heterocycles. The number of hydrogen-bond donors (Lipinski definition) is 2. The van der Waals surface area contributed by atoms with Crippen LogP contribution in [0.25, 0.3) is 0 Å². The Morgan fingerprint density at radius 2 is 2.14 bits per heavy atom. The number of nitrogens with zero attached hydrogens (tertiary/aromatic N) is 2. The summed E-state index contributed by atoms with van der Waals surface area (Å²) in [4.78, 5) is 24.7. The van der Waals surface area contributed by atoms with Gasteiger partial charge >= 0.3 is 0 Å². The maximum atomic E-state index is 12.1. The molecule has 1 unspecified atom stereocenters. The summed E-state index contributed by atoms with van der Waals surface area (Å²) in [6, 6.07) is 3.64. The lowest BCUT2D eigenvalue weighted by atomic mass is 10.1. The highest BCUT2D eigenvalue weighted by molar-refractivity contribution is 5.98. The van der Waals surface area contributed by atoms with Gasteiger partial charge in [0.25, 0.3) is 11.6 Å².